The maximum Gasteiger partial charge on any atom is 0.184 e. The molecule has 0 aromatic heterocycles. The highest BCUT2D eigenvalue weighted by molar-refractivity contribution is 6.69. The average molecular weight is 278 g/mol. The zero-order chi connectivity index (χ0) is 14.1. The first kappa shape index (κ1) is 14.8. The van der Waals surface area contributed by atoms with Gasteiger partial charge in [-0.1, -0.05) is 43.2 Å². The lowest BCUT2D eigenvalue weighted by Gasteiger charge is -2.51. The standard InChI is InChI=1S/C16H26O2Si/c1-15(18-19(2,3)4)12-8-9-13-16(15,17)14-10-6-5-7-11-14/h5-7,10-11,17H,8-9,12-13H2,1-4H3/t15-,16+/m0/s1. The molecule has 1 aliphatic rings. The van der Waals surface area contributed by atoms with E-state index in [0.717, 1.165) is 31.2 Å². The van der Waals surface area contributed by atoms with Crippen LogP contribution in [0.25, 0.3) is 0 Å². The van der Waals surface area contributed by atoms with E-state index in [0.29, 0.717) is 0 Å². The number of benzene rings is 1. The predicted octanol–water partition coefficient (Wildman–Crippen LogP) is 4.06. The van der Waals surface area contributed by atoms with E-state index in [1.807, 2.05) is 30.3 Å². The van der Waals surface area contributed by atoms with Crippen molar-refractivity contribution in [2.45, 2.75) is 63.5 Å². The summed E-state index contributed by atoms with van der Waals surface area (Å²) in [6, 6.07) is 10.0. The minimum absolute atomic E-state index is 0.461. The SMILES string of the molecule is C[C@]1(O[Si](C)(C)C)CCCC[C@@]1(O)c1ccccc1. The Morgan fingerprint density at radius 3 is 2.21 bits per heavy atom. The summed E-state index contributed by atoms with van der Waals surface area (Å²) in [4.78, 5) is 0. The summed E-state index contributed by atoms with van der Waals surface area (Å²) >= 11 is 0. The largest absolute Gasteiger partial charge is 0.409 e. The van der Waals surface area contributed by atoms with Crippen LogP contribution in [0.1, 0.15) is 38.2 Å². The minimum Gasteiger partial charge on any atom is -0.409 e. The van der Waals surface area contributed by atoms with Crippen LogP contribution in [0.2, 0.25) is 19.6 Å². The summed E-state index contributed by atoms with van der Waals surface area (Å²) in [5.41, 5.74) is -0.320. The van der Waals surface area contributed by atoms with Crippen molar-refractivity contribution in [1.82, 2.24) is 0 Å². The highest BCUT2D eigenvalue weighted by Crippen LogP contribution is 2.47. The van der Waals surface area contributed by atoms with Gasteiger partial charge >= 0.3 is 0 Å². The Kier molecular flexibility index (Phi) is 3.91. The van der Waals surface area contributed by atoms with Crippen LogP contribution in [0.5, 0.6) is 0 Å². The second-order valence-electron chi connectivity index (χ2n) is 6.88. The van der Waals surface area contributed by atoms with E-state index in [2.05, 4.69) is 26.6 Å². The number of hydrogen-bond donors (Lipinski definition) is 1. The third kappa shape index (κ3) is 2.93. The molecule has 0 amide bonds. The van der Waals surface area contributed by atoms with Gasteiger partial charge in [0, 0.05) is 0 Å². The van der Waals surface area contributed by atoms with E-state index in [1.54, 1.807) is 0 Å². The molecule has 0 spiro atoms. The van der Waals surface area contributed by atoms with E-state index in [9.17, 15) is 5.11 Å². The molecular weight excluding hydrogens is 252 g/mol. The maximum atomic E-state index is 11.3. The van der Waals surface area contributed by atoms with Crippen LogP contribution in [0.4, 0.5) is 0 Å². The maximum absolute atomic E-state index is 11.3. The van der Waals surface area contributed by atoms with Gasteiger partial charge < -0.3 is 9.53 Å². The summed E-state index contributed by atoms with van der Waals surface area (Å²) in [7, 11) is -1.70. The van der Waals surface area contributed by atoms with E-state index in [1.165, 1.54) is 0 Å². The van der Waals surface area contributed by atoms with Crippen molar-refractivity contribution in [1.29, 1.82) is 0 Å². The highest BCUT2D eigenvalue weighted by atomic mass is 28.4. The van der Waals surface area contributed by atoms with Gasteiger partial charge in [-0.05, 0) is 45.0 Å². The zero-order valence-electron chi connectivity index (χ0n) is 12.6. The molecule has 0 saturated heterocycles. The van der Waals surface area contributed by atoms with Crippen LogP contribution in [-0.4, -0.2) is 19.0 Å². The van der Waals surface area contributed by atoms with Crippen LogP contribution in [-0.2, 0) is 10.0 Å². The lowest BCUT2D eigenvalue weighted by Crippen LogP contribution is -2.57. The normalized spacial score (nSPS) is 32.3. The van der Waals surface area contributed by atoms with Gasteiger partial charge in [0.15, 0.2) is 8.32 Å². The molecule has 0 unspecified atom stereocenters. The fourth-order valence-corrected chi connectivity index (χ4v) is 4.91. The molecule has 1 aromatic rings. The molecule has 2 nitrogen and oxygen atoms in total. The predicted molar refractivity (Wildman–Crippen MR) is 81.6 cm³/mol. The molecule has 1 saturated carbocycles. The Labute approximate surface area is 117 Å². The Morgan fingerprint density at radius 1 is 1.05 bits per heavy atom. The topological polar surface area (TPSA) is 29.5 Å². The summed E-state index contributed by atoms with van der Waals surface area (Å²) in [6.07, 6.45) is 3.92. The number of rotatable bonds is 3. The zero-order valence-corrected chi connectivity index (χ0v) is 13.6. The molecule has 3 heteroatoms. The Morgan fingerprint density at radius 2 is 1.63 bits per heavy atom. The summed E-state index contributed by atoms with van der Waals surface area (Å²) in [6.45, 7) is 8.67. The highest BCUT2D eigenvalue weighted by Gasteiger charge is 2.52. The molecule has 1 aromatic carbocycles. The number of hydrogen-bond acceptors (Lipinski definition) is 2. The van der Waals surface area contributed by atoms with E-state index in [4.69, 9.17) is 4.43 Å². The Hall–Kier alpha value is -0.643. The van der Waals surface area contributed by atoms with Crippen LogP contribution < -0.4 is 0 Å². The van der Waals surface area contributed by atoms with Gasteiger partial charge in [0.05, 0.1) is 5.60 Å². The first-order valence-corrected chi connectivity index (χ1v) is 10.7. The third-order valence-corrected chi connectivity index (χ3v) is 5.16. The molecule has 1 N–H and O–H groups in total. The summed E-state index contributed by atoms with van der Waals surface area (Å²) < 4.78 is 6.43. The lowest BCUT2D eigenvalue weighted by molar-refractivity contribution is -0.161. The second-order valence-corrected chi connectivity index (χ2v) is 11.3. The van der Waals surface area contributed by atoms with Gasteiger partial charge in [-0.3, -0.25) is 0 Å². The molecule has 19 heavy (non-hydrogen) atoms. The van der Waals surface area contributed by atoms with Crippen LogP contribution in [0, 0.1) is 0 Å². The van der Waals surface area contributed by atoms with Gasteiger partial charge in [-0.25, -0.2) is 0 Å². The van der Waals surface area contributed by atoms with Crippen LogP contribution in [0.15, 0.2) is 30.3 Å². The van der Waals surface area contributed by atoms with E-state index in [-0.39, 0.29) is 0 Å². The first-order chi connectivity index (χ1) is 8.77. The van der Waals surface area contributed by atoms with Crippen molar-refractivity contribution in [2.75, 3.05) is 0 Å². The summed E-state index contributed by atoms with van der Waals surface area (Å²) in [5, 5.41) is 11.3. The number of aliphatic hydroxyl groups is 1. The molecular formula is C16H26O2Si. The van der Waals surface area contributed by atoms with Gasteiger partial charge in [-0.2, -0.15) is 0 Å². The van der Waals surface area contributed by atoms with Crippen molar-refractivity contribution in [3.63, 3.8) is 0 Å². The van der Waals surface area contributed by atoms with Gasteiger partial charge in [0.2, 0.25) is 0 Å². The first-order valence-electron chi connectivity index (χ1n) is 7.25. The smallest absolute Gasteiger partial charge is 0.184 e. The van der Waals surface area contributed by atoms with Crippen molar-refractivity contribution in [3.8, 4) is 0 Å². The molecule has 0 aliphatic heterocycles. The molecule has 0 radical (unpaired) electrons. The lowest BCUT2D eigenvalue weighted by atomic mass is 9.69. The minimum atomic E-state index is -1.70. The average Bonchev–Trinajstić information content (AvgIpc) is 2.32. The molecule has 1 fully saturated rings. The van der Waals surface area contributed by atoms with Crippen LogP contribution in [0.3, 0.4) is 0 Å². The van der Waals surface area contributed by atoms with Crippen molar-refractivity contribution < 1.29 is 9.53 Å². The van der Waals surface area contributed by atoms with Crippen molar-refractivity contribution in [3.05, 3.63) is 35.9 Å². The monoisotopic (exact) mass is 278 g/mol. The van der Waals surface area contributed by atoms with Crippen molar-refractivity contribution in [2.24, 2.45) is 0 Å². The fraction of sp³-hybridized carbons (Fsp3) is 0.625. The van der Waals surface area contributed by atoms with Gasteiger partial charge in [0.25, 0.3) is 0 Å². The summed E-state index contributed by atoms with van der Waals surface area (Å²) in [5.74, 6) is 0. The third-order valence-electron chi connectivity index (χ3n) is 4.10. The molecule has 2 rings (SSSR count). The Bertz CT molecular complexity index is 426. The second kappa shape index (κ2) is 5.04. The van der Waals surface area contributed by atoms with E-state index < -0.39 is 19.5 Å². The van der Waals surface area contributed by atoms with Crippen molar-refractivity contribution >= 4 is 8.32 Å². The van der Waals surface area contributed by atoms with Gasteiger partial charge in [-0.15, -0.1) is 0 Å². The fourth-order valence-electron chi connectivity index (χ4n) is 3.29. The van der Waals surface area contributed by atoms with E-state index >= 15 is 0 Å². The molecule has 1 aliphatic carbocycles. The molecule has 0 bridgehead atoms. The molecule has 106 valence electrons. The molecule has 0 heterocycles. The van der Waals surface area contributed by atoms with Crippen LogP contribution >= 0.6 is 0 Å². The molecule has 2 atom stereocenters. The van der Waals surface area contributed by atoms with Gasteiger partial charge in [0.1, 0.15) is 5.60 Å². The Balaban J connectivity index is 2.40. The quantitative estimate of drug-likeness (QED) is 0.845.